The lowest BCUT2D eigenvalue weighted by Gasteiger charge is -2.17. The van der Waals surface area contributed by atoms with Gasteiger partial charge in [-0.15, -0.1) is 0 Å². The van der Waals surface area contributed by atoms with Crippen LogP contribution in [-0.2, 0) is 0 Å². The average molecular weight is 217 g/mol. The van der Waals surface area contributed by atoms with Crippen LogP contribution in [0.3, 0.4) is 0 Å². The molecule has 1 aromatic rings. The highest BCUT2D eigenvalue weighted by Gasteiger charge is 2.22. The molecule has 0 N–H and O–H groups in total. The first-order valence-electron chi connectivity index (χ1n) is 5.00. The maximum atomic E-state index is 5.20. The maximum Gasteiger partial charge on any atom is 0.200 e. The lowest BCUT2D eigenvalue weighted by molar-refractivity contribution is 0.469. The predicted molar refractivity (Wildman–Crippen MR) is 66.1 cm³/mol. The minimum atomic E-state index is 0.363. The first kappa shape index (κ1) is 10.2. The third kappa shape index (κ3) is 2.02. The molecule has 0 aromatic heterocycles. The second kappa shape index (κ2) is 4.03. The predicted octanol–water partition coefficient (Wildman–Crippen LogP) is 2.60. The number of hydrogen-bond donors (Lipinski definition) is 0. The summed E-state index contributed by atoms with van der Waals surface area (Å²) in [7, 11) is 0. The first-order chi connectivity index (χ1) is 7.18. The van der Waals surface area contributed by atoms with E-state index < -0.39 is 0 Å². The summed E-state index contributed by atoms with van der Waals surface area (Å²) in [4.78, 5) is 2.01. The van der Waals surface area contributed by atoms with E-state index in [-0.39, 0.29) is 0 Å². The van der Waals surface area contributed by atoms with Crippen LogP contribution in [-0.4, -0.2) is 16.1 Å². The SMILES string of the molecule is CC(C)N1C=C(c2ccccc2)[N]C1=S. The van der Waals surface area contributed by atoms with Crippen molar-refractivity contribution in [3.05, 3.63) is 42.1 Å². The van der Waals surface area contributed by atoms with Gasteiger partial charge in [0.15, 0.2) is 5.11 Å². The first-order valence-corrected chi connectivity index (χ1v) is 5.40. The van der Waals surface area contributed by atoms with Gasteiger partial charge in [0.1, 0.15) is 0 Å². The third-order valence-electron chi connectivity index (χ3n) is 2.32. The van der Waals surface area contributed by atoms with Crippen LogP contribution in [0, 0.1) is 0 Å². The van der Waals surface area contributed by atoms with Crippen LogP contribution in [0.1, 0.15) is 19.4 Å². The van der Waals surface area contributed by atoms with Crippen LogP contribution in [0.5, 0.6) is 0 Å². The minimum Gasteiger partial charge on any atom is -0.319 e. The lowest BCUT2D eigenvalue weighted by atomic mass is 10.2. The van der Waals surface area contributed by atoms with Gasteiger partial charge < -0.3 is 4.90 Å². The van der Waals surface area contributed by atoms with Gasteiger partial charge >= 0.3 is 0 Å². The fourth-order valence-corrected chi connectivity index (χ4v) is 1.86. The molecule has 0 spiro atoms. The van der Waals surface area contributed by atoms with Gasteiger partial charge in [0.05, 0.1) is 5.70 Å². The zero-order valence-corrected chi connectivity index (χ0v) is 9.66. The van der Waals surface area contributed by atoms with Gasteiger partial charge in [0.2, 0.25) is 0 Å². The summed E-state index contributed by atoms with van der Waals surface area (Å²) in [6.45, 7) is 4.21. The Bertz CT molecular complexity index is 395. The van der Waals surface area contributed by atoms with E-state index in [1.54, 1.807) is 0 Å². The number of benzene rings is 1. The Morgan fingerprint density at radius 1 is 1.20 bits per heavy atom. The van der Waals surface area contributed by atoms with Crippen LogP contribution in [0.2, 0.25) is 0 Å². The molecule has 0 saturated carbocycles. The summed E-state index contributed by atoms with van der Waals surface area (Å²) in [6.07, 6.45) is 2.02. The number of thiocarbonyl (C=S) groups is 1. The molecule has 0 saturated heterocycles. The fraction of sp³-hybridized carbons (Fsp3) is 0.250. The van der Waals surface area contributed by atoms with Crippen molar-refractivity contribution in [1.82, 2.24) is 10.2 Å². The Morgan fingerprint density at radius 2 is 1.87 bits per heavy atom. The van der Waals surface area contributed by atoms with Gasteiger partial charge in [-0.2, -0.15) is 0 Å². The second-order valence-electron chi connectivity index (χ2n) is 3.78. The minimum absolute atomic E-state index is 0.363. The summed E-state index contributed by atoms with van der Waals surface area (Å²) in [6, 6.07) is 10.5. The van der Waals surface area contributed by atoms with Crippen molar-refractivity contribution < 1.29 is 0 Å². The lowest BCUT2D eigenvalue weighted by Crippen LogP contribution is -2.30. The van der Waals surface area contributed by atoms with Crippen molar-refractivity contribution in [2.24, 2.45) is 0 Å². The quantitative estimate of drug-likeness (QED) is 0.708. The molecule has 1 aliphatic heterocycles. The Labute approximate surface area is 95.6 Å². The van der Waals surface area contributed by atoms with Crippen LogP contribution in [0.4, 0.5) is 0 Å². The molecule has 1 aromatic carbocycles. The van der Waals surface area contributed by atoms with Crippen LogP contribution >= 0.6 is 12.2 Å². The van der Waals surface area contributed by atoms with Crippen LogP contribution in [0.15, 0.2) is 36.5 Å². The van der Waals surface area contributed by atoms with E-state index in [1.165, 1.54) is 0 Å². The van der Waals surface area contributed by atoms with Crippen molar-refractivity contribution >= 4 is 23.0 Å². The second-order valence-corrected chi connectivity index (χ2v) is 4.14. The molecule has 1 radical (unpaired) electrons. The fourth-order valence-electron chi connectivity index (χ4n) is 1.49. The van der Waals surface area contributed by atoms with Crippen molar-refractivity contribution in [1.29, 1.82) is 0 Å². The molecular formula is C12H13N2S. The number of hydrogen-bond acceptors (Lipinski definition) is 1. The summed E-state index contributed by atoms with van der Waals surface area (Å²) in [5.41, 5.74) is 2.07. The molecule has 3 heteroatoms. The van der Waals surface area contributed by atoms with E-state index in [9.17, 15) is 0 Å². The molecule has 0 amide bonds. The highest BCUT2D eigenvalue weighted by Crippen LogP contribution is 2.21. The number of nitrogens with zero attached hydrogens (tertiary/aromatic N) is 2. The zero-order valence-electron chi connectivity index (χ0n) is 8.84. The molecule has 1 heterocycles. The van der Waals surface area contributed by atoms with E-state index in [0.717, 1.165) is 11.3 Å². The Balaban J connectivity index is 2.27. The van der Waals surface area contributed by atoms with Gasteiger partial charge in [0, 0.05) is 17.8 Å². The van der Waals surface area contributed by atoms with Gasteiger partial charge in [-0.05, 0) is 26.1 Å². The molecule has 0 fully saturated rings. The molecule has 0 bridgehead atoms. The maximum absolute atomic E-state index is 5.20. The zero-order chi connectivity index (χ0) is 10.8. The molecular weight excluding hydrogens is 204 g/mol. The normalized spacial score (nSPS) is 15.5. The highest BCUT2D eigenvalue weighted by atomic mass is 32.1. The standard InChI is InChI=1S/C12H13N2S/c1-9(2)14-8-11(13-12(14)15)10-6-4-3-5-7-10/h3-9H,1-2H3. The molecule has 0 atom stereocenters. The topological polar surface area (TPSA) is 17.3 Å². The van der Waals surface area contributed by atoms with E-state index in [1.807, 2.05) is 41.4 Å². The molecule has 77 valence electrons. The highest BCUT2D eigenvalue weighted by molar-refractivity contribution is 7.80. The van der Waals surface area contributed by atoms with Gasteiger partial charge in [-0.25, -0.2) is 5.32 Å². The largest absolute Gasteiger partial charge is 0.319 e. The molecule has 0 unspecified atom stereocenters. The average Bonchev–Trinajstić information content (AvgIpc) is 2.62. The summed E-state index contributed by atoms with van der Waals surface area (Å²) >= 11 is 5.20. The Kier molecular flexibility index (Phi) is 2.73. The van der Waals surface area contributed by atoms with Gasteiger partial charge in [0.25, 0.3) is 0 Å². The van der Waals surface area contributed by atoms with Crippen molar-refractivity contribution in [3.8, 4) is 0 Å². The summed E-state index contributed by atoms with van der Waals surface area (Å²) < 4.78 is 0. The van der Waals surface area contributed by atoms with E-state index in [2.05, 4.69) is 19.2 Å². The van der Waals surface area contributed by atoms with Gasteiger partial charge in [-0.1, -0.05) is 30.3 Å². The monoisotopic (exact) mass is 217 g/mol. The molecule has 1 aliphatic rings. The van der Waals surface area contributed by atoms with Crippen molar-refractivity contribution in [3.63, 3.8) is 0 Å². The molecule has 0 aliphatic carbocycles. The van der Waals surface area contributed by atoms with E-state index >= 15 is 0 Å². The van der Waals surface area contributed by atoms with E-state index in [0.29, 0.717) is 11.2 Å². The van der Waals surface area contributed by atoms with E-state index in [4.69, 9.17) is 12.2 Å². The summed E-state index contributed by atoms with van der Waals surface area (Å²) in [5.74, 6) is 0. The smallest absolute Gasteiger partial charge is 0.200 e. The van der Waals surface area contributed by atoms with Gasteiger partial charge in [-0.3, -0.25) is 0 Å². The third-order valence-corrected chi connectivity index (χ3v) is 2.63. The van der Waals surface area contributed by atoms with Crippen molar-refractivity contribution in [2.75, 3.05) is 0 Å². The van der Waals surface area contributed by atoms with Crippen LogP contribution in [0.25, 0.3) is 5.70 Å². The Morgan fingerprint density at radius 3 is 2.40 bits per heavy atom. The number of rotatable bonds is 2. The molecule has 2 nitrogen and oxygen atoms in total. The Hall–Kier alpha value is -1.35. The van der Waals surface area contributed by atoms with Crippen LogP contribution < -0.4 is 5.32 Å². The molecule has 2 rings (SSSR count). The molecule has 15 heavy (non-hydrogen) atoms. The summed E-state index contributed by atoms with van der Waals surface area (Å²) in [5, 5.41) is 5.04. The van der Waals surface area contributed by atoms with Crippen molar-refractivity contribution in [2.45, 2.75) is 19.9 Å².